The Kier molecular flexibility index (Phi) is 5.22. The van der Waals surface area contributed by atoms with Gasteiger partial charge in [0.25, 0.3) is 0 Å². The molecule has 2 N–H and O–H groups in total. The molecule has 2 aromatic rings. The van der Waals surface area contributed by atoms with Gasteiger partial charge in [0.15, 0.2) is 0 Å². The number of anilines is 1. The van der Waals surface area contributed by atoms with Gasteiger partial charge in [0.1, 0.15) is 5.75 Å². The summed E-state index contributed by atoms with van der Waals surface area (Å²) in [6, 6.07) is 9.89. The van der Waals surface area contributed by atoms with Crippen LogP contribution >= 0.6 is 11.3 Å². The third kappa shape index (κ3) is 4.49. The smallest absolute Gasteiger partial charge is 0.308 e. The van der Waals surface area contributed by atoms with Crippen LogP contribution in [0.15, 0.2) is 30.3 Å². The molecule has 5 heteroatoms. The van der Waals surface area contributed by atoms with Gasteiger partial charge >= 0.3 is 5.97 Å². The number of nitrogens with one attached hydrogen (secondary N) is 1. The van der Waals surface area contributed by atoms with Crippen LogP contribution in [0.4, 0.5) is 5.69 Å². The Labute approximate surface area is 128 Å². The van der Waals surface area contributed by atoms with E-state index in [2.05, 4.69) is 5.32 Å². The Morgan fingerprint density at radius 2 is 2.05 bits per heavy atom. The molecule has 0 radical (unpaired) electrons. The van der Waals surface area contributed by atoms with Crippen molar-refractivity contribution >= 4 is 23.0 Å². The second-order valence-electron chi connectivity index (χ2n) is 4.72. The zero-order chi connectivity index (χ0) is 15.2. The van der Waals surface area contributed by atoms with Crippen LogP contribution in [0.3, 0.4) is 0 Å². The standard InChI is InChI=1S/C16H19NO3S/c1-3-20-15-8-11(2)4-7-14(15)17-10-13-6-5-12(21-13)9-16(18)19/h4-8,17H,3,9-10H2,1-2H3,(H,18,19). The molecular formula is C16H19NO3S. The topological polar surface area (TPSA) is 58.6 Å². The maximum atomic E-state index is 10.7. The maximum Gasteiger partial charge on any atom is 0.308 e. The van der Waals surface area contributed by atoms with E-state index in [-0.39, 0.29) is 6.42 Å². The van der Waals surface area contributed by atoms with E-state index in [9.17, 15) is 4.79 Å². The Morgan fingerprint density at radius 1 is 1.29 bits per heavy atom. The average molecular weight is 305 g/mol. The molecule has 0 bridgehead atoms. The van der Waals surface area contributed by atoms with E-state index in [0.29, 0.717) is 13.2 Å². The third-order valence-electron chi connectivity index (χ3n) is 2.93. The zero-order valence-electron chi connectivity index (χ0n) is 12.2. The number of aryl methyl sites for hydroxylation is 1. The van der Waals surface area contributed by atoms with Gasteiger partial charge in [0, 0.05) is 16.3 Å². The van der Waals surface area contributed by atoms with Crippen molar-refractivity contribution in [3.8, 4) is 5.75 Å². The van der Waals surface area contributed by atoms with Crippen LogP contribution < -0.4 is 10.1 Å². The molecule has 0 aliphatic heterocycles. The lowest BCUT2D eigenvalue weighted by Gasteiger charge is -2.12. The fourth-order valence-electron chi connectivity index (χ4n) is 1.99. The van der Waals surface area contributed by atoms with E-state index in [1.807, 2.05) is 44.2 Å². The molecule has 1 aromatic heterocycles. The highest BCUT2D eigenvalue weighted by Crippen LogP contribution is 2.27. The van der Waals surface area contributed by atoms with Crippen molar-refractivity contribution < 1.29 is 14.6 Å². The van der Waals surface area contributed by atoms with Crippen molar-refractivity contribution in [3.63, 3.8) is 0 Å². The van der Waals surface area contributed by atoms with Gasteiger partial charge in [-0.3, -0.25) is 4.79 Å². The van der Waals surface area contributed by atoms with E-state index < -0.39 is 5.97 Å². The van der Waals surface area contributed by atoms with Crippen LogP contribution in [0.5, 0.6) is 5.75 Å². The monoisotopic (exact) mass is 305 g/mol. The molecule has 0 atom stereocenters. The summed E-state index contributed by atoms with van der Waals surface area (Å²) in [5, 5.41) is 12.1. The summed E-state index contributed by atoms with van der Waals surface area (Å²) in [4.78, 5) is 12.7. The van der Waals surface area contributed by atoms with Crippen molar-refractivity contribution in [2.75, 3.05) is 11.9 Å². The van der Waals surface area contributed by atoms with E-state index >= 15 is 0 Å². The second-order valence-corrected chi connectivity index (χ2v) is 5.98. The normalized spacial score (nSPS) is 10.4. The first kappa shape index (κ1) is 15.4. The number of carbonyl (C=O) groups is 1. The molecule has 0 unspecified atom stereocenters. The van der Waals surface area contributed by atoms with Crippen LogP contribution in [0.2, 0.25) is 0 Å². The molecule has 0 saturated heterocycles. The molecule has 0 spiro atoms. The first-order chi connectivity index (χ1) is 10.1. The summed E-state index contributed by atoms with van der Waals surface area (Å²) < 4.78 is 5.63. The zero-order valence-corrected chi connectivity index (χ0v) is 13.0. The van der Waals surface area contributed by atoms with Gasteiger partial charge in [-0.15, -0.1) is 11.3 Å². The quantitative estimate of drug-likeness (QED) is 0.819. The number of thiophene rings is 1. The van der Waals surface area contributed by atoms with Gasteiger partial charge < -0.3 is 15.2 Å². The van der Waals surface area contributed by atoms with Crippen molar-refractivity contribution in [2.45, 2.75) is 26.8 Å². The maximum absolute atomic E-state index is 10.7. The molecule has 0 aliphatic rings. The number of aliphatic carboxylic acids is 1. The van der Waals surface area contributed by atoms with Gasteiger partial charge in [0.05, 0.1) is 18.7 Å². The number of carboxylic acid groups (broad SMARTS) is 1. The summed E-state index contributed by atoms with van der Waals surface area (Å²) >= 11 is 1.52. The van der Waals surface area contributed by atoms with Gasteiger partial charge in [0.2, 0.25) is 0 Å². The highest BCUT2D eigenvalue weighted by molar-refractivity contribution is 7.12. The Hall–Kier alpha value is -2.01. The fraction of sp³-hybridized carbons (Fsp3) is 0.312. The number of hydrogen-bond acceptors (Lipinski definition) is 4. The molecule has 2 rings (SSSR count). The van der Waals surface area contributed by atoms with Crippen LogP contribution in [0.25, 0.3) is 0 Å². The molecular weight excluding hydrogens is 286 g/mol. The van der Waals surface area contributed by atoms with Crippen molar-refractivity contribution in [3.05, 3.63) is 45.6 Å². The minimum absolute atomic E-state index is 0.0827. The van der Waals surface area contributed by atoms with Crippen LogP contribution in [-0.2, 0) is 17.8 Å². The van der Waals surface area contributed by atoms with Crippen molar-refractivity contribution in [2.24, 2.45) is 0 Å². The number of ether oxygens (including phenoxy) is 1. The predicted molar refractivity (Wildman–Crippen MR) is 85.3 cm³/mol. The predicted octanol–water partition coefficient (Wildman–Crippen LogP) is 3.69. The van der Waals surface area contributed by atoms with E-state index in [0.717, 1.165) is 26.8 Å². The van der Waals surface area contributed by atoms with Crippen molar-refractivity contribution in [1.82, 2.24) is 0 Å². The van der Waals surface area contributed by atoms with E-state index in [1.54, 1.807) is 0 Å². The molecule has 0 amide bonds. The summed E-state index contributed by atoms with van der Waals surface area (Å²) in [5.74, 6) is 0.0494. The minimum Gasteiger partial charge on any atom is -0.492 e. The Bertz CT molecular complexity index is 622. The van der Waals surface area contributed by atoms with Crippen LogP contribution in [-0.4, -0.2) is 17.7 Å². The summed E-state index contributed by atoms with van der Waals surface area (Å²) in [7, 11) is 0. The molecule has 112 valence electrons. The van der Waals surface area contributed by atoms with E-state index in [4.69, 9.17) is 9.84 Å². The molecule has 1 heterocycles. The average Bonchev–Trinajstić information content (AvgIpc) is 2.85. The number of carboxylic acids is 1. The third-order valence-corrected chi connectivity index (χ3v) is 4.02. The Morgan fingerprint density at radius 3 is 2.76 bits per heavy atom. The lowest BCUT2D eigenvalue weighted by molar-refractivity contribution is -0.136. The summed E-state index contributed by atoms with van der Waals surface area (Å²) in [5.41, 5.74) is 2.11. The SMILES string of the molecule is CCOc1cc(C)ccc1NCc1ccc(CC(=O)O)s1. The van der Waals surface area contributed by atoms with Crippen LogP contribution in [0, 0.1) is 6.92 Å². The molecule has 4 nitrogen and oxygen atoms in total. The second kappa shape index (κ2) is 7.13. The highest BCUT2D eigenvalue weighted by atomic mass is 32.1. The summed E-state index contributed by atoms with van der Waals surface area (Å²) in [6.45, 7) is 5.28. The van der Waals surface area contributed by atoms with Gasteiger partial charge in [-0.2, -0.15) is 0 Å². The molecule has 1 aromatic carbocycles. The van der Waals surface area contributed by atoms with Gasteiger partial charge in [-0.25, -0.2) is 0 Å². The first-order valence-corrected chi connectivity index (χ1v) is 7.67. The number of benzene rings is 1. The van der Waals surface area contributed by atoms with Crippen LogP contribution in [0.1, 0.15) is 22.2 Å². The number of hydrogen-bond donors (Lipinski definition) is 2. The number of rotatable bonds is 7. The van der Waals surface area contributed by atoms with Crippen molar-refractivity contribution in [1.29, 1.82) is 0 Å². The molecule has 0 fully saturated rings. The first-order valence-electron chi connectivity index (χ1n) is 6.85. The highest BCUT2D eigenvalue weighted by Gasteiger charge is 2.07. The molecule has 0 aliphatic carbocycles. The Balaban J connectivity index is 2.02. The van der Waals surface area contributed by atoms with E-state index in [1.165, 1.54) is 11.3 Å². The van der Waals surface area contributed by atoms with Gasteiger partial charge in [-0.1, -0.05) is 6.07 Å². The minimum atomic E-state index is -0.798. The van der Waals surface area contributed by atoms with Gasteiger partial charge in [-0.05, 0) is 43.7 Å². The summed E-state index contributed by atoms with van der Waals surface area (Å²) in [6.07, 6.45) is 0.0827. The largest absolute Gasteiger partial charge is 0.492 e. The lowest BCUT2D eigenvalue weighted by Crippen LogP contribution is -2.02. The fourth-order valence-corrected chi connectivity index (χ4v) is 2.94. The molecule has 21 heavy (non-hydrogen) atoms. The lowest BCUT2D eigenvalue weighted by atomic mass is 10.2. The molecule has 0 saturated carbocycles.